The van der Waals surface area contributed by atoms with Gasteiger partial charge < -0.3 is 4.55 Å². The summed E-state index contributed by atoms with van der Waals surface area (Å²) in [5.74, 6) is 0. The highest BCUT2D eigenvalue weighted by atomic mass is 32.2. The summed E-state index contributed by atoms with van der Waals surface area (Å²) in [6, 6.07) is -0.346. The Kier molecular flexibility index (Phi) is 6.14. The highest BCUT2D eigenvalue weighted by molar-refractivity contribution is 7.90. The van der Waals surface area contributed by atoms with E-state index in [0.717, 1.165) is 0 Å². The monoisotopic (exact) mass is 259 g/mol. The van der Waals surface area contributed by atoms with E-state index in [1.165, 1.54) is 0 Å². The lowest BCUT2D eigenvalue weighted by Gasteiger charge is -2.27. The third-order valence-corrected chi connectivity index (χ3v) is 3.76. The van der Waals surface area contributed by atoms with Gasteiger partial charge in [-0.2, -0.15) is 13.2 Å². The van der Waals surface area contributed by atoms with Crippen LogP contribution in [0.4, 0.5) is 13.2 Å². The fourth-order valence-corrected chi connectivity index (χ4v) is 1.95. The van der Waals surface area contributed by atoms with Crippen LogP contribution in [0, 0.1) is 0 Å². The lowest BCUT2D eigenvalue weighted by atomic mass is 10.1. The third-order valence-electron chi connectivity index (χ3n) is 2.10. The molecule has 1 unspecified atom stereocenters. The maximum Gasteiger partial charge on any atom is 0.389 e. The van der Waals surface area contributed by atoms with E-state index in [9.17, 15) is 17.7 Å². The Bertz CT molecular complexity index is 203. The molecule has 0 bridgehead atoms. The van der Waals surface area contributed by atoms with E-state index < -0.39 is 28.7 Å². The molecule has 0 aromatic carbocycles. The van der Waals surface area contributed by atoms with Crippen molar-refractivity contribution in [3.63, 3.8) is 0 Å². The maximum atomic E-state index is 12.0. The summed E-state index contributed by atoms with van der Waals surface area (Å²) < 4.78 is 50.0. The fourth-order valence-electron chi connectivity index (χ4n) is 1.01. The molecule has 16 heavy (non-hydrogen) atoms. The number of rotatable bonds is 5. The first-order chi connectivity index (χ1) is 7.06. The number of nitrogens with one attached hydrogen (secondary N) is 1. The standard InChI is InChI=1S/C10H20F3NOS/c1-5-8(6-7-10(11,12)13)14-16(15)9(2,3)4/h8,14H,5-7H2,1-4H3/t8?,16-/m0/s1. The summed E-state index contributed by atoms with van der Waals surface area (Å²) >= 11 is -1.31. The number of hydrogen-bond acceptors (Lipinski definition) is 2. The van der Waals surface area contributed by atoms with Crippen molar-refractivity contribution in [2.24, 2.45) is 0 Å². The molecule has 0 heterocycles. The van der Waals surface area contributed by atoms with Crippen LogP contribution >= 0.6 is 0 Å². The molecule has 98 valence electrons. The molecule has 0 aliphatic heterocycles. The molecule has 0 aliphatic carbocycles. The van der Waals surface area contributed by atoms with Crippen molar-refractivity contribution in [3.05, 3.63) is 0 Å². The summed E-state index contributed by atoms with van der Waals surface area (Å²) in [4.78, 5) is 0. The molecule has 6 heteroatoms. The van der Waals surface area contributed by atoms with Crippen LogP contribution in [-0.4, -0.2) is 21.5 Å². The minimum absolute atomic E-state index is 0.0260. The number of hydrogen-bond donors (Lipinski definition) is 1. The zero-order valence-corrected chi connectivity index (χ0v) is 11.0. The summed E-state index contributed by atoms with van der Waals surface area (Å²) in [6.45, 7) is 7.14. The van der Waals surface area contributed by atoms with Crippen LogP contribution in [-0.2, 0) is 11.4 Å². The van der Waals surface area contributed by atoms with Crippen molar-refractivity contribution in [2.45, 2.75) is 63.9 Å². The van der Waals surface area contributed by atoms with Crippen LogP contribution in [0.3, 0.4) is 0 Å². The third kappa shape index (κ3) is 7.35. The van der Waals surface area contributed by atoms with Crippen molar-refractivity contribution in [3.8, 4) is 0 Å². The summed E-state index contributed by atoms with van der Waals surface area (Å²) in [5.41, 5.74) is 0. The van der Waals surface area contributed by atoms with Gasteiger partial charge >= 0.3 is 6.18 Å². The summed E-state index contributed by atoms with van der Waals surface area (Å²) in [5, 5.41) is 0. The molecule has 0 aromatic heterocycles. The van der Waals surface area contributed by atoms with E-state index in [-0.39, 0.29) is 12.5 Å². The van der Waals surface area contributed by atoms with Gasteiger partial charge in [0.2, 0.25) is 0 Å². The predicted molar refractivity (Wildman–Crippen MR) is 60.4 cm³/mol. The average Bonchev–Trinajstić information content (AvgIpc) is 2.08. The zero-order valence-electron chi connectivity index (χ0n) is 10.1. The molecule has 0 radical (unpaired) electrons. The minimum atomic E-state index is -4.14. The van der Waals surface area contributed by atoms with Gasteiger partial charge in [0.25, 0.3) is 0 Å². The summed E-state index contributed by atoms with van der Waals surface area (Å²) in [6.07, 6.45) is -4.46. The Morgan fingerprint density at radius 2 is 1.75 bits per heavy atom. The summed E-state index contributed by atoms with van der Waals surface area (Å²) in [7, 11) is 0. The molecule has 0 fully saturated rings. The van der Waals surface area contributed by atoms with Gasteiger partial charge in [-0.15, -0.1) is 4.72 Å². The van der Waals surface area contributed by atoms with Crippen molar-refractivity contribution >= 4 is 11.4 Å². The Balaban J connectivity index is 4.11. The van der Waals surface area contributed by atoms with Gasteiger partial charge in [-0.3, -0.25) is 0 Å². The van der Waals surface area contributed by atoms with Gasteiger partial charge in [-0.05, 0) is 33.6 Å². The van der Waals surface area contributed by atoms with E-state index in [4.69, 9.17) is 0 Å². The Hall–Kier alpha value is 0.0600. The fraction of sp³-hybridized carbons (Fsp3) is 1.00. The van der Waals surface area contributed by atoms with E-state index in [2.05, 4.69) is 4.72 Å². The highest BCUT2D eigenvalue weighted by Gasteiger charge is 2.32. The molecule has 0 spiro atoms. The van der Waals surface area contributed by atoms with Gasteiger partial charge in [0, 0.05) is 17.8 Å². The van der Waals surface area contributed by atoms with Gasteiger partial charge in [-0.25, -0.2) is 0 Å². The molecular formula is C10H20F3NOS. The van der Waals surface area contributed by atoms with E-state index in [1.807, 2.05) is 0 Å². The van der Waals surface area contributed by atoms with Crippen LogP contribution < -0.4 is 4.72 Å². The largest absolute Gasteiger partial charge is 0.598 e. The van der Waals surface area contributed by atoms with Crippen molar-refractivity contribution in [2.75, 3.05) is 0 Å². The Morgan fingerprint density at radius 1 is 1.25 bits per heavy atom. The van der Waals surface area contributed by atoms with Crippen LogP contribution in [0.15, 0.2) is 0 Å². The molecule has 0 aliphatic rings. The number of alkyl halides is 3. The average molecular weight is 259 g/mol. The molecule has 2 nitrogen and oxygen atoms in total. The van der Waals surface area contributed by atoms with Crippen molar-refractivity contribution in [1.82, 2.24) is 4.72 Å². The Morgan fingerprint density at radius 3 is 2.06 bits per heavy atom. The van der Waals surface area contributed by atoms with Crippen molar-refractivity contribution in [1.29, 1.82) is 0 Å². The highest BCUT2D eigenvalue weighted by Crippen LogP contribution is 2.24. The van der Waals surface area contributed by atoms with E-state index in [0.29, 0.717) is 6.42 Å². The molecule has 2 atom stereocenters. The van der Waals surface area contributed by atoms with Gasteiger partial charge in [0.15, 0.2) is 0 Å². The molecule has 0 amide bonds. The number of halogens is 3. The molecule has 0 saturated heterocycles. The van der Waals surface area contributed by atoms with Crippen LogP contribution in [0.1, 0.15) is 47.0 Å². The van der Waals surface area contributed by atoms with Crippen LogP contribution in [0.2, 0.25) is 0 Å². The molecule has 0 rings (SSSR count). The molecule has 0 aromatic rings. The Labute approximate surface area is 98.3 Å². The first-order valence-corrected chi connectivity index (χ1v) is 6.46. The smallest absolute Gasteiger partial charge is 0.389 e. The van der Waals surface area contributed by atoms with E-state index >= 15 is 0 Å². The second-order valence-electron chi connectivity index (χ2n) is 4.76. The van der Waals surface area contributed by atoms with Crippen LogP contribution in [0.25, 0.3) is 0 Å². The topological polar surface area (TPSA) is 35.1 Å². The maximum absolute atomic E-state index is 12.0. The first kappa shape index (κ1) is 16.1. The van der Waals surface area contributed by atoms with Crippen LogP contribution in [0.5, 0.6) is 0 Å². The second-order valence-corrected chi connectivity index (χ2v) is 6.76. The van der Waals surface area contributed by atoms with Gasteiger partial charge in [0.1, 0.15) is 4.75 Å². The lowest BCUT2D eigenvalue weighted by Crippen LogP contribution is -2.44. The normalized spacial score (nSPS) is 17.2. The first-order valence-electron chi connectivity index (χ1n) is 5.31. The molecular weight excluding hydrogens is 239 g/mol. The van der Waals surface area contributed by atoms with Gasteiger partial charge in [-0.1, -0.05) is 6.92 Å². The van der Waals surface area contributed by atoms with Gasteiger partial charge in [0.05, 0.1) is 6.04 Å². The zero-order chi connectivity index (χ0) is 13.0. The van der Waals surface area contributed by atoms with Crippen molar-refractivity contribution < 1.29 is 17.7 Å². The molecule has 1 N–H and O–H groups in total. The lowest BCUT2D eigenvalue weighted by molar-refractivity contribution is -0.136. The second kappa shape index (κ2) is 6.12. The predicted octanol–water partition coefficient (Wildman–Crippen LogP) is 3.16. The minimum Gasteiger partial charge on any atom is -0.598 e. The van der Waals surface area contributed by atoms with E-state index in [1.54, 1.807) is 27.7 Å². The molecule has 0 saturated carbocycles. The SMILES string of the molecule is CCC(CCC(F)(F)F)N[S@@+]([O-])C(C)(C)C. The quantitative estimate of drug-likeness (QED) is 0.770.